The maximum atomic E-state index is 12.4. The number of carbonyl (C=O) groups is 1. The summed E-state index contributed by atoms with van der Waals surface area (Å²) in [4.78, 5) is 18.5. The number of benzene rings is 2. The van der Waals surface area contributed by atoms with E-state index >= 15 is 0 Å². The van der Waals surface area contributed by atoms with Crippen LogP contribution in [0, 0.1) is 6.92 Å². The summed E-state index contributed by atoms with van der Waals surface area (Å²) in [5, 5.41) is 3.95. The number of aromatic nitrogens is 2. The lowest BCUT2D eigenvalue weighted by molar-refractivity contribution is -0.132. The highest BCUT2D eigenvalue weighted by molar-refractivity contribution is 5.78. The monoisotopic (exact) mass is 423 g/mol. The average molecular weight is 423 g/mol. The zero-order valence-corrected chi connectivity index (χ0v) is 17.6. The molecular weight excluding hydrogens is 398 g/mol. The molecular formula is C23H25N3O5. The molecule has 0 saturated carbocycles. The van der Waals surface area contributed by atoms with Gasteiger partial charge in [0.2, 0.25) is 5.82 Å². The molecule has 1 aliphatic heterocycles. The summed E-state index contributed by atoms with van der Waals surface area (Å²) in [6.07, 6.45) is 0.733. The number of hydrogen-bond acceptors (Lipinski definition) is 7. The van der Waals surface area contributed by atoms with Gasteiger partial charge in [-0.3, -0.25) is 4.79 Å². The van der Waals surface area contributed by atoms with Crippen LogP contribution in [0.15, 0.2) is 53.1 Å². The SMILES string of the molecule is COCc1nc(-c2ccc(OC3CCN(C(=O)COc4ccc(C)cc4)C3)cc2)no1. The summed E-state index contributed by atoms with van der Waals surface area (Å²) in [6, 6.07) is 15.2. The highest BCUT2D eigenvalue weighted by Gasteiger charge is 2.27. The van der Waals surface area contributed by atoms with Crippen molar-refractivity contribution in [2.75, 3.05) is 26.8 Å². The summed E-state index contributed by atoms with van der Waals surface area (Å²) < 4.78 is 21.8. The van der Waals surface area contributed by atoms with Crippen molar-refractivity contribution in [3.05, 3.63) is 60.0 Å². The Bertz CT molecular complexity index is 1000. The summed E-state index contributed by atoms with van der Waals surface area (Å²) in [6.45, 7) is 3.52. The van der Waals surface area contributed by atoms with E-state index < -0.39 is 0 Å². The van der Waals surface area contributed by atoms with Gasteiger partial charge >= 0.3 is 0 Å². The van der Waals surface area contributed by atoms with Crippen LogP contribution in [0.1, 0.15) is 17.9 Å². The second-order valence-corrected chi connectivity index (χ2v) is 7.44. The van der Waals surface area contributed by atoms with Crippen molar-refractivity contribution in [2.24, 2.45) is 0 Å². The molecule has 1 atom stereocenters. The van der Waals surface area contributed by atoms with Crippen LogP contribution in [0.4, 0.5) is 0 Å². The summed E-state index contributed by atoms with van der Waals surface area (Å²) in [7, 11) is 1.57. The van der Waals surface area contributed by atoms with E-state index in [1.54, 1.807) is 12.0 Å². The number of nitrogens with zero attached hydrogens (tertiary/aromatic N) is 3. The molecule has 2 aromatic carbocycles. The van der Waals surface area contributed by atoms with Gasteiger partial charge in [0.1, 0.15) is 24.2 Å². The Hall–Kier alpha value is -3.39. The minimum atomic E-state index is -0.0485. The molecule has 1 aromatic heterocycles. The predicted octanol–water partition coefficient (Wildman–Crippen LogP) is 3.25. The fraction of sp³-hybridized carbons (Fsp3) is 0.348. The molecule has 1 saturated heterocycles. The Labute approximate surface area is 180 Å². The minimum absolute atomic E-state index is 0.0280. The first-order chi connectivity index (χ1) is 15.1. The third kappa shape index (κ3) is 5.40. The third-order valence-electron chi connectivity index (χ3n) is 5.03. The van der Waals surface area contributed by atoms with Crippen molar-refractivity contribution >= 4 is 5.91 Å². The van der Waals surface area contributed by atoms with Crippen LogP contribution in [0.2, 0.25) is 0 Å². The van der Waals surface area contributed by atoms with E-state index in [-0.39, 0.29) is 25.2 Å². The quantitative estimate of drug-likeness (QED) is 0.550. The fourth-order valence-electron chi connectivity index (χ4n) is 3.35. The Morgan fingerprint density at radius 1 is 1.13 bits per heavy atom. The molecule has 0 N–H and O–H groups in total. The van der Waals surface area contributed by atoms with E-state index in [1.165, 1.54) is 0 Å². The molecule has 2 heterocycles. The van der Waals surface area contributed by atoms with Gasteiger partial charge in [-0.1, -0.05) is 22.9 Å². The number of ether oxygens (including phenoxy) is 3. The van der Waals surface area contributed by atoms with E-state index in [0.717, 1.165) is 23.3 Å². The number of carbonyl (C=O) groups excluding carboxylic acids is 1. The van der Waals surface area contributed by atoms with Gasteiger partial charge in [0.05, 0.1) is 6.54 Å². The van der Waals surface area contributed by atoms with Crippen molar-refractivity contribution in [3.63, 3.8) is 0 Å². The van der Waals surface area contributed by atoms with Crippen LogP contribution in [0.3, 0.4) is 0 Å². The highest BCUT2D eigenvalue weighted by Crippen LogP contribution is 2.23. The van der Waals surface area contributed by atoms with E-state index in [4.69, 9.17) is 18.7 Å². The van der Waals surface area contributed by atoms with Crippen LogP contribution in [-0.4, -0.2) is 53.9 Å². The van der Waals surface area contributed by atoms with Gasteiger partial charge in [0.25, 0.3) is 11.8 Å². The lowest BCUT2D eigenvalue weighted by atomic mass is 10.2. The lowest BCUT2D eigenvalue weighted by Gasteiger charge is -2.17. The molecule has 8 nitrogen and oxygen atoms in total. The van der Waals surface area contributed by atoms with E-state index in [0.29, 0.717) is 30.6 Å². The van der Waals surface area contributed by atoms with Crippen molar-refractivity contribution in [1.29, 1.82) is 0 Å². The number of hydrogen-bond donors (Lipinski definition) is 0. The third-order valence-corrected chi connectivity index (χ3v) is 5.03. The maximum absolute atomic E-state index is 12.4. The van der Waals surface area contributed by atoms with Crippen molar-refractivity contribution in [1.82, 2.24) is 15.0 Å². The van der Waals surface area contributed by atoms with Crippen molar-refractivity contribution in [2.45, 2.75) is 26.1 Å². The zero-order valence-electron chi connectivity index (χ0n) is 17.6. The van der Waals surface area contributed by atoms with Gasteiger partial charge in [-0.15, -0.1) is 0 Å². The molecule has 0 radical (unpaired) electrons. The Kier molecular flexibility index (Phi) is 6.47. The molecule has 4 rings (SSSR count). The summed E-state index contributed by atoms with van der Waals surface area (Å²) in [5.41, 5.74) is 1.98. The normalized spacial score (nSPS) is 15.8. The van der Waals surface area contributed by atoms with Gasteiger partial charge < -0.3 is 23.6 Å². The van der Waals surface area contributed by atoms with Crippen molar-refractivity contribution in [3.8, 4) is 22.9 Å². The van der Waals surface area contributed by atoms with Crippen LogP contribution in [-0.2, 0) is 16.1 Å². The van der Waals surface area contributed by atoms with E-state index in [2.05, 4.69) is 10.1 Å². The Morgan fingerprint density at radius 3 is 2.61 bits per heavy atom. The molecule has 1 unspecified atom stereocenters. The molecule has 1 aliphatic rings. The molecule has 162 valence electrons. The smallest absolute Gasteiger partial charge is 0.260 e. The number of likely N-dealkylation sites (tertiary alicyclic amines) is 1. The average Bonchev–Trinajstić information content (AvgIpc) is 3.44. The molecule has 3 aromatic rings. The summed E-state index contributed by atoms with van der Waals surface area (Å²) >= 11 is 0. The zero-order chi connectivity index (χ0) is 21.6. The first-order valence-corrected chi connectivity index (χ1v) is 10.2. The molecule has 0 aliphatic carbocycles. The second-order valence-electron chi connectivity index (χ2n) is 7.44. The first kappa shape index (κ1) is 20.9. The van der Waals surface area contributed by atoms with Crippen LogP contribution in [0.25, 0.3) is 11.4 Å². The highest BCUT2D eigenvalue weighted by atomic mass is 16.5. The minimum Gasteiger partial charge on any atom is -0.489 e. The standard InChI is InChI=1S/C23H25N3O5/c1-16-3-7-18(8-4-16)29-15-22(27)26-12-11-20(13-26)30-19-9-5-17(6-10-19)23-24-21(14-28-2)31-25-23/h3-10,20H,11-15H2,1-2H3. The van der Waals surface area contributed by atoms with Crippen LogP contribution in [0.5, 0.6) is 11.5 Å². The van der Waals surface area contributed by atoms with Gasteiger partial charge in [-0.05, 0) is 43.3 Å². The lowest BCUT2D eigenvalue weighted by Crippen LogP contribution is -2.34. The van der Waals surface area contributed by atoms with Crippen molar-refractivity contribution < 1.29 is 23.5 Å². The fourth-order valence-corrected chi connectivity index (χ4v) is 3.35. The van der Waals surface area contributed by atoms with Gasteiger partial charge in [-0.25, -0.2) is 0 Å². The van der Waals surface area contributed by atoms with Gasteiger partial charge in [0.15, 0.2) is 6.61 Å². The largest absolute Gasteiger partial charge is 0.489 e. The second kappa shape index (κ2) is 9.61. The number of aryl methyl sites for hydroxylation is 1. The Morgan fingerprint density at radius 2 is 1.87 bits per heavy atom. The van der Waals surface area contributed by atoms with Crippen LogP contribution < -0.4 is 9.47 Å². The summed E-state index contributed by atoms with van der Waals surface area (Å²) in [5.74, 6) is 2.33. The van der Waals surface area contributed by atoms with E-state index in [1.807, 2.05) is 55.5 Å². The molecule has 0 spiro atoms. The Balaban J connectivity index is 1.26. The molecule has 31 heavy (non-hydrogen) atoms. The van der Waals surface area contributed by atoms with E-state index in [9.17, 15) is 4.79 Å². The molecule has 1 fully saturated rings. The number of rotatable bonds is 8. The molecule has 8 heteroatoms. The topological polar surface area (TPSA) is 86.9 Å². The molecule has 1 amide bonds. The number of amides is 1. The first-order valence-electron chi connectivity index (χ1n) is 10.2. The molecule has 0 bridgehead atoms. The number of methoxy groups -OCH3 is 1. The van der Waals surface area contributed by atoms with Gasteiger partial charge in [0, 0.05) is 25.6 Å². The van der Waals surface area contributed by atoms with Gasteiger partial charge in [-0.2, -0.15) is 4.98 Å². The maximum Gasteiger partial charge on any atom is 0.260 e. The predicted molar refractivity (Wildman–Crippen MR) is 113 cm³/mol. The van der Waals surface area contributed by atoms with Crippen LogP contribution >= 0.6 is 0 Å².